The number of ketones is 1. The van der Waals surface area contributed by atoms with Crippen LogP contribution in [0.4, 0.5) is 5.69 Å². The second-order valence-electron chi connectivity index (χ2n) is 8.05. The molecule has 1 amide bonds. The van der Waals surface area contributed by atoms with Gasteiger partial charge in [-0.1, -0.05) is 18.2 Å². The summed E-state index contributed by atoms with van der Waals surface area (Å²) in [5.41, 5.74) is 4.22. The van der Waals surface area contributed by atoms with E-state index < -0.39 is 0 Å². The highest BCUT2D eigenvalue weighted by Crippen LogP contribution is 2.41. The molecule has 0 saturated carbocycles. The van der Waals surface area contributed by atoms with Crippen molar-refractivity contribution in [2.45, 2.75) is 12.3 Å². The van der Waals surface area contributed by atoms with Crippen molar-refractivity contribution in [3.63, 3.8) is 0 Å². The van der Waals surface area contributed by atoms with Gasteiger partial charge in [-0.15, -0.1) is 11.3 Å². The van der Waals surface area contributed by atoms with Crippen molar-refractivity contribution >= 4 is 28.7 Å². The number of carbonyl (C=O) groups excluding carboxylic acids is 2. The van der Waals surface area contributed by atoms with Gasteiger partial charge in [-0.25, -0.2) is 0 Å². The van der Waals surface area contributed by atoms with Crippen LogP contribution in [0.1, 0.15) is 43.6 Å². The summed E-state index contributed by atoms with van der Waals surface area (Å²) in [7, 11) is 0. The normalized spacial score (nSPS) is 16.5. The van der Waals surface area contributed by atoms with E-state index in [2.05, 4.69) is 16.0 Å². The van der Waals surface area contributed by atoms with Crippen LogP contribution in [0.3, 0.4) is 0 Å². The predicted octanol–water partition coefficient (Wildman–Crippen LogP) is 5.28. The molecule has 6 rings (SSSR count). The molecule has 0 saturated heterocycles. The minimum absolute atomic E-state index is 0.0609. The molecule has 0 fully saturated rings. The minimum Gasteiger partial charge on any atom is -0.486 e. The third-order valence-corrected chi connectivity index (χ3v) is 6.93. The first kappa shape index (κ1) is 19.8. The quantitative estimate of drug-likeness (QED) is 0.455. The summed E-state index contributed by atoms with van der Waals surface area (Å²) in [5.74, 6) is 1.11. The summed E-state index contributed by atoms with van der Waals surface area (Å²) in [6, 6.07) is 19.1. The van der Waals surface area contributed by atoms with Crippen molar-refractivity contribution in [3.05, 3.63) is 93.9 Å². The number of nitrogens with one attached hydrogen (secondary N) is 1. The van der Waals surface area contributed by atoms with Gasteiger partial charge < -0.3 is 19.4 Å². The van der Waals surface area contributed by atoms with Gasteiger partial charge in [0.25, 0.3) is 5.91 Å². The van der Waals surface area contributed by atoms with Crippen molar-refractivity contribution in [1.29, 1.82) is 0 Å². The Morgan fingerprint density at radius 1 is 1.00 bits per heavy atom. The summed E-state index contributed by atoms with van der Waals surface area (Å²) in [6.45, 7) is 0.975. The number of rotatable bonds is 3. The van der Waals surface area contributed by atoms with Gasteiger partial charge >= 0.3 is 0 Å². The number of carbonyl (C=O) groups is 2. The molecular formula is C26H20N2O4S. The van der Waals surface area contributed by atoms with Crippen LogP contribution in [-0.2, 0) is 0 Å². The lowest BCUT2D eigenvalue weighted by molar-refractivity contribution is 0.0977. The van der Waals surface area contributed by atoms with Crippen molar-refractivity contribution in [3.8, 4) is 17.2 Å². The number of fused-ring (bicyclic) bond motifs is 4. The third-order valence-electron chi connectivity index (χ3n) is 6.06. The SMILES string of the molecule is O=C(Nc1ccc([C@H]2CC(=O)c3cc4c(cc3-n3cccc32)OCCO4)cc1)c1cccs1. The molecule has 0 bridgehead atoms. The average molecular weight is 457 g/mol. The lowest BCUT2D eigenvalue weighted by Gasteiger charge is -2.21. The van der Waals surface area contributed by atoms with Gasteiger partial charge in [-0.2, -0.15) is 0 Å². The van der Waals surface area contributed by atoms with Gasteiger partial charge in [0.15, 0.2) is 17.3 Å². The largest absolute Gasteiger partial charge is 0.486 e. The monoisotopic (exact) mass is 456 g/mol. The van der Waals surface area contributed by atoms with Crippen LogP contribution in [0.5, 0.6) is 11.5 Å². The van der Waals surface area contributed by atoms with E-state index in [0.29, 0.717) is 41.6 Å². The van der Waals surface area contributed by atoms with Crippen molar-refractivity contribution in [2.24, 2.45) is 0 Å². The fraction of sp³-hybridized carbons (Fsp3) is 0.154. The lowest BCUT2D eigenvalue weighted by atomic mass is 9.90. The van der Waals surface area contributed by atoms with E-state index in [4.69, 9.17) is 9.47 Å². The number of amides is 1. The van der Waals surface area contributed by atoms with E-state index in [9.17, 15) is 9.59 Å². The molecule has 2 aromatic heterocycles. The fourth-order valence-electron chi connectivity index (χ4n) is 4.49. The average Bonchev–Trinajstić information content (AvgIpc) is 3.53. The van der Waals surface area contributed by atoms with E-state index in [1.165, 1.54) is 11.3 Å². The van der Waals surface area contributed by atoms with Crippen LogP contribution in [-0.4, -0.2) is 29.5 Å². The maximum Gasteiger partial charge on any atom is 0.265 e. The number of hydrogen-bond acceptors (Lipinski definition) is 5. The molecular weight excluding hydrogens is 436 g/mol. The van der Waals surface area contributed by atoms with E-state index in [1.54, 1.807) is 6.07 Å². The smallest absolute Gasteiger partial charge is 0.265 e. The number of nitrogens with zero attached hydrogens (tertiary/aromatic N) is 1. The second kappa shape index (κ2) is 7.94. The summed E-state index contributed by atoms with van der Waals surface area (Å²) in [4.78, 5) is 26.3. The maximum absolute atomic E-state index is 13.3. The fourth-order valence-corrected chi connectivity index (χ4v) is 5.10. The molecule has 6 nitrogen and oxygen atoms in total. The highest BCUT2D eigenvalue weighted by Gasteiger charge is 2.30. The van der Waals surface area contributed by atoms with Gasteiger partial charge in [-0.3, -0.25) is 9.59 Å². The van der Waals surface area contributed by atoms with Crippen molar-refractivity contribution < 1.29 is 19.1 Å². The second-order valence-corrected chi connectivity index (χ2v) is 9.00. The third kappa shape index (κ3) is 3.50. The van der Waals surface area contributed by atoms with Crippen LogP contribution in [0, 0.1) is 0 Å². The number of hydrogen-bond donors (Lipinski definition) is 1. The topological polar surface area (TPSA) is 69.6 Å². The number of ether oxygens (including phenoxy) is 2. The molecule has 4 heterocycles. The first-order valence-corrected chi connectivity index (χ1v) is 11.6. The molecule has 0 aliphatic carbocycles. The Morgan fingerprint density at radius 3 is 2.55 bits per heavy atom. The first-order chi connectivity index (χ1) is 16.2. The van der Waals surface area contributed by atoms with Crippen LogP contribution in [0.15, 0.2) is 72.2 Å². The summed E-state index contributed by atoms with van der Waals surface area (Å²) < 4.78 is 13.5. The summed E-state index contributed by atoms with van der Waals surface area (Å²) >= 11 is 1.40. The molecule has 2 aliphatic heterocycles. The number of Topliss-reactive ketones (excluding diaryl/α,β-unsaturated/α-hetero) is 1. The molecule has 1 N–H and O–H groups in total. The zero-order valence-electron chi connectivity index (χ0n) is 17.6. The maximum atomic E-state index is 13.3. The molecule has 1 atom stereocenters. The van der Waals surface area contributed by atoms with Crippen LogP contribution < -0.4 is 14.8 Å². The Kier molecular flexibility index (Phi) is 4.77. The van der Waals surface area contributed by atoms with Crippen molar-refractivity contribution in [1.82, 2.24) is 4.57 Å². The van der Waals surface area contributed by atoms with E-state index in [0.717, 1.165) is 22.6 Å². The van der Waals surface area contributed by atoms with Gasteiger partial charge in [0.1, 0.15) is 13.2 Å². The standard InChI is InChI=1S/C26H20N2O4S/c29-22-13-18(16-5-7-17(8-6-16)27-26(30)25-4-2-12-33-25)20-3-1-9-28(20)21-15-24-23(14-19(21)22)31-10-11-32-24/h1-9,12,14-15,18H,10-11,13H2,(H,27,30)/t18-/m1/s1. The molecule has 0 unspecified atom stereocenters. The molecule has 2 aromatic carbocycles. The molecule has 7 heteroatoms. The minimum atomic E-state index is -0.125. The van der Waals surface area contributed by atoms with Crippen molar-refractivity contribution in [2.75, 3.05) is 18.5 Å². The molecule has 164 valence electrons. The van der Waals surface area contributed by atoms with Crippen LogP contribution >= 0.6 is 11.3 Å². The van der Waals surface area contributed by atoms with E-state index in [1.807, 2.05) is 60.1 Å². The zero-order valence-corrected chi connectivity index (χ0v) is 18.4. The number of aromatic nitrogens is 1. The Morgan fingerprint density at radius 2 is 1.79 bits per heavy atom. The molecule has 4 aromatic rings. The Labute approximate surface area is 194 Å². The first-order valence-electron chi connectivity index (χ1n) is 10.8. The van der Waals surface area contributed by atoms with Gasteiger partial charge in [0.2, 0.25) is 0 Å². The van der Waals surface area contributed by atoms with Gasteiger partial charge in [0.05, 0.1) is 10.6 Å². The molecule has 33 heavy (non-hydrogen) atoms. The van der Waals surface area contributed by atoms with E-state index >= 15 is 0 Å². The Hall–Kier alpha value is -3.84. The lowest BCUT2D eigenvalue weighted by Crippen LogP contribution is -2.16. The zero-order chi connectivity index (χ0) is 22.4. The highest BCUT2D eigenvalue weighted by atomic mass is 32.1. The summed E-state index contributed by atoms with van der Waals surface area (Å²) in [6.07, 6.45) is 2.32. The Bertz CT molecular complexity index is 1360. The Balaban J connectivity index is 1.33. The molecule has 0 spiro atoms. The van der Waals surface area contributed by atoms with E-state index in [-0.39, 0.29) is 17.6 Å². The molecule has 2 aliphatic rings. The number of anilines is 1. The highest BCUT2D eigenvalue weighted by molar-refractivity contribution is 7.12. The van der Waals surface area contributed by atoms with Crippen LogP contribution in [0.25, 0.3) is 5.69 Å². The summed E-state index contributed by atoms with van der Waals surface area (Å²) in [5, 5.41) is 4.80. The number of benzene rings is 2. The van der Waals surface area contributed by atoms with Crippen LogP contribution in [0.2, 0.25) is 0 Å². The van der Waals surface area contributed by atoms with Gasteiger partial charge in [0, 0.05) is 41.5 Å². The van der Waals surface area contributed by atoms with Gasteiger partial charge in [-0.05, 0) is 47.3 Å². The predicted molar refractivity (Wildman–Crippen MR) is 126 cm³/mol. The number of thiophene rings is 1. The molecule has 0 radical (unpaired) electrons.